The van der Waals surface area contributed by atoms with Gasteiger partial charge in [-0.2, -0.15) is 0 Å². The Morgan fingerprint density at radius 1 is 1.53 bits per heavy atom. The molecule has 1 aromatic heterocycles. The maximum atomic E-state index is 11.6. The van der Waals surface area contributed by atoms with Crippen LogP contribution >= 0.6 is 0 Å². The molecule has 5 nitrogen and oxygen atoms in total. The number of fused-ring (bicyclic) bond motifs is 1. The monoisotopic (exact) mass is 205 g/mol. The van der Waals surface area contributed by atoms with Gasteiger partial charge in [0.2, 0.25) is 0 Å². The van der Waals surface area contributed by atoms with Gasteiger partial charge in [0, 0.05) is 0 Å². The number of hydrogen-bond donors (Lipinski definition) is 3. The fourth-order valence-electron chi connectivity index (χ4n) is 1.41. The first kappa shape index (κ1) is 9.67. The molecular weight excluding hydrogens is 194 g/mol. The zero-order chi connectivity index (χ0) is 11.0. The van der Waals surface area contributed by atoms with Crippen molar-refractivity contribution in [3.8, 4) is 5.75 Å². The van der Waals surface area contributed by atoms with Crippen LogP contribution in [0.25, 0.3) is 10.9 Å². The average molecular weight is 205 g/mol. The summed E-state index contributed by atoms with van der Waals surface area (Å²) in [5.41, 5.74) is 5.70. The topological polar surface area (TPSA) is 92.0 Å². The number of nitrogens with two attached hydrogens (primary N) is 1. The van der Waals surface area contributed by atoms with Crippen LogP contribution in [0.2, 0.25) is 0 Å². The predicted molar refractivity (Wildman–Crippen MR) is 56.6 cm³/mol. The van der Waals surface area contributed by atoms with Crippen molar-refractivity contribution in [1.29, 1.82) is 0 Å². The molecule has 1 heterocycles. The molecule has 2 aromatic rings. The molecule has 15 heavy (non-hydrogen) atoms. The number of aromatic nitrogens is 2. The number of phenols is 1. The molecule has 2 rings (SSSR count). The van der Waals surface area contributed by atoms with Gasteiger partial charge < -0.3 is 15.8 Å². The number of aromatic hydroxyl groups is 1. The van der Waals surface area contributed by atoms with Gasteiger partial charge in [0.15, 0.2) is 0 Å². The molecule has 1 atom stereocenters. The van der Waals surface area contributed by atoms with E-state index in [9.17, 15) is 9.90 Å². The molecule has 0 aliphatic rings. The van der Waals surface area contributed by atoms with Crippen molar-refractivity contribution in [1.82, 2.24) is 9.97 Å². The van der Waals surface area contributed by atoms with Crippen LogP contribution in [0.1, 0.15) is 18.8 Å². The first-order valence-corrected chi connectivity index (χ1v) is 4.57. The maximum Gasteiger partial charge on any atom is 0.262 e. The highest BCUT2D eigenvalue weighted by Crippen LogP contribution is 2.19. The molecular formula is C10H11N3O2. The summed E-state index contributed by atoms with van der Waals surface area (Å²) in [4.78, 5) is 18.3. The number of H-pyrrole nitrogens is 1. The lowest BCUT2D eigenvalue weighted by Gasteiger charge is -2.06. The van der Waals surface area contributed by atoms with Crippen LogP contribution < -0.4 is 11.3 Å². The average Bonchev–Trinajstić information content (AvgIpc) is 2.17. The number of nitrogens with zero attached hydrogens (tertiary/aromatic N) is 1. The van der Waals surface area contributed by atoms with Crippen molar-refractivity contribution in [2.24, 2.45) is 5.73 Å². The lowest BCUT2D eigenvalue weighted by Crippen LogP contribution is -2.17. The van der Waals surface area contributed by atoms with Crippen LogP contribution in [0.15, 0.2) is 23.0 Å². The number of benzene rings is 1. The molecule has 0 bridgehead atoms. The summed E-state index contributed by atoms with van der Waals surface area (Å²) >= 11 is 0. The number of phenolic OH excluding ortho intramolecular Hbond substituents is 1. The normalized spacial score (nSPS) is 12.9. The molecule has 0 aliphatic carbocycles. The van der Waals surface area contributed by atoms with Crippen LogP contribution in [0.3, 0.4) is 0 Å². The van der Waals surface area contributed by atoms with Crippen molar-refractivity contribution < 1.29 is 5.11 Å². The fraction of sp³-hybridized carbons (Fsp3) is 0.200. The Labute approximate surface area is 85.6 Å². The second-order valence-corrected chi connectivity index (χ2v) is 3.41. The van der Waals surface area contributed by atoms with E-state index >= 15 is 0 Å². The van der Waals surface area contributed by atoms with Crippen molar-refractivity contribution in [2.75, 3.05) is 0 Å². The van der Waals surface area contributed by atoms with E-state index in [2.05, 4.69) is 9.97 Å². The highest BCUT2D eigenvalue weighted by Gasteiger charge is 2.09. The Balaban J connectivity index is 2.85. The van der Waals surface area contributed by atoms with E-state index in [-0.39, 0.29) is 22.7 Å². The second kappa shape index (κ2) is 3.36. The maximum absolute atomic E-state index is 11.6. The van der Waals surface area contributed by atoms with E-state index in [1.54, 1.807) is 19.1 Å². The molecule has 0 saturated carbocycles. The van der Waals surface area contributed by atoms with Gasteiger partial charge in [-0.1, -0.05) is 6.07 Å². The smallest absolute Gasteiger partial charge is 0.262 e. The van der Waals surface area contributed by atoms with Crippen LogP contribution in [0.5, 0.6) is 5.75 Å². The van der Waals surface area contributed by atoms with E-state index in [4.69, 9.17) is 5.73 Å². The number of aromatic amines is 1. The van der Waals surface area contributed by atoms with Crippen molar-refractivity contribution in [3.63, 3.8) is 0 Å². The van der Waals surface area contributed by atoms with Crippen LogP contribution in [-0.4, -0.2) is 15.1 Å². The molecule has 1 unspecified atom stereocenters. The van der Waals surface area contributed by atoms with Gasteiger partial charge in [-0.05, 0) is 19.1 Å². The predicted octanol–water partition coefficient (Wildman–Crippen LogP) is 0.648. The SMILES string of the molecule is CC(N)c1nc2cccc(O)c2c(=O)[nH]1. The van der Waals surface area contributed by atoms with Crippen LogP contribution in [-0.2, 0) is 0 Å². The standard InChI is InChI=1S/C10H11N3O2/c1-5(11)9-12-6-3-2-4-7(14)8(6)10(15)13-9/h2-5,14H,11H2,1H3,(H,12,13,15). The molecule has 0 saturated heterocycles. The molecule has 0 spiro atoms. The molecule has 0 amide bonds. The van der Waals surface area contributed by atoms with E-state index < -0.39 is 0 Å². The summed E-state index contributed by atoms with van der Waals surface area (Å²) in [6.45, 7) is 1.73. The molecule has 5 heteroatoms. The molecule has 0 aliphatic heterocycles. The Kier molecular flexibility index (Phi) is 2.17. The largest absolute Gasteiger partial charge is 0.507 e. The summed E-state index contributed by atoms with van der Waals surface area (Å²) in [7, 11) is 0. The summed E-state index contributed by atoms with van der Waals surface area (Å²) in [5.74, 6) is 0.343. The summed E-state index contributed by atoms with van der Waals surface area (Å²) in [6.07, 6.45) is 0. The number of nitrogens with one attached hydrogen (secondary N) is 1. The third kappa shape index (κ3) is 1.57. The lowest BCUT2D eigenvalue weighted by molar-refractivity contribution is 0.481. The Bertz CT molecular complexity index is 560. The van der Waals surface area contributed by atoms with E-state index in [0.717, 1.165) is 0 Å². The minimum atomic E-state index is -0.370. The molecule has 1 aromatic carbocycles. The quantitative estimate of drug-likeness (QED) is 0.637. The number of hydrogen-bond acceptors (Lipinski definition) is 4. The van der Waals surface area contributed by atoms with E-state index in [1.165, 1.54) is 6.07 Å². The summed E-state index contributed by atoms with van der Waals surface area (Å²) in [6, 6.07) is 4.40. The molecule has 4 N–H and O–H groups in total. The third-order valence-corrected chi connectivity index (χ3v) is 2.16. The van der Waals surface area contributed by atoms with Crippen molar-refractivity contribution in [3.05, 3.63) is 34.4 Å². The zero-order valence-corrected chi connectivity index (χ0v) is 8.19. The van der Waals surface area contributed by atoms with Gasteiger partial charge in [-0.3, -0.25) is 4.79 Å². The summed E-state index contributed by atoms with van der Waals surface area (Å²) < 4.78 is 0. The highest BCUT2D eigenvalue weighted by molar-refractivity contribution is 5.83. The lowest BCUT2D eigenvalue weighted by atomic mass is 10.2. The van der Waals surface area contributed by atoms with Gasteiger partial charge in [0.05, 0.1) is 11.6 Å². The first-order valence-electron chi connectivity index (χ1n) is 4.57. The summed E-state index contributed by atoms with van der Waals surface area (Å²) in [5, 5.41) is 9.69. The zero-order valence-electron chi connectivity index (χ0n) is 8.19. The van der Waals surface area contributed by atoms with Gasteiger partial charge in [-0.25, -0.2) is 4.98 Å². The second-order valence-electron chi connectivity index (χ2n) is 3.41. The van der Waals surface area contributed by atoms with Crippen LogP contribution in [0.4, 0.5) is 0 Å². The van der Waals surface area contributed by atoms with Gasteiger partial charge in [0.25, 0.3) is 5.56 Å². The Morgan fingerprint density at radius 2 is 2.27 bits per heavy atom. The first-order chi connectivity index (χ1) is 7.09. The van der Waals surface area contributed by atoms with E-state index in [1.807, 2.05) is 0 Å². The van der Waals surface area contributed by atoms with Gasteiger partial charge >= 0.3 is 0 Å². The highest BCUT2D eigenvalue weighted by atomic mass is 16.3. The van der Waals surface area contributed by atoms with Crippen LogP contribution in [0, 0.1) is 0 Å². The third-order valence-electron chi connectivity index (χ3n) is 2.16. The molecule has 0 radical (unpaired) electrons. The molecule has 78 valence electrons. The minimum absolute atomic E-state index is 0.0718. The molecule has 0 fully saturated rings. The Hall–Kier alpha value is -1.88. The Morgan fingerprint density at radius 3 is 2.93 bits per heavy atom. The van der Waals surface area contributed by atoms with E-state index in [0.29, 0.717) is 11.3 Å². The minimum Gasteiger partial charge on any atom is -0.507 e. The van der Waals surface area contributed by atoms with Crippen molar-refractivity contribution >= 4 is 10.9 Å². The van der Waals surface area contributed by atoms with Crippen molar-refractivity contribution in [2.45, 2.75) is 13.0 Å². The fourth-order valence-corrected chi connectivity index (χ4v) is 1.41. The van der Waals surface area contributed by atoms with Gasteiger partial charge in [-0.15, -0.1) is 0 Å². The van der Waals surface area contributed by atoms with Gasteiger partial charge in [0.1, 0.15) is 17.0 Å². The number of rotatable bonds is 1.